The Morgan fingerprint density at radius 2 is 2.28 bits per heavy atom. The van der Waals surface area contributed by atoms with Crippen LogP contribution in [0.15, 0.2) is 36.9 Å². The summed E-state index contributed by atoms with van der Waals surface area (Å²) in [6.45, 7) is 5.32. The summed E-state index contributed by atoms with van der Waals surface area (Å²) in [6, 6.07) is 7.20. The first kappa shape index (κ1) is 14.3. The first-order valence-electron chi connectivity index (χ1n) is 5.87. The highest BCUT2D eigenvalue weighted by atomic mass is 16.5. The highest BCUT2D eigenvalue weighted by Crippen LogP contribution is 2.15. The maximum Gasteiger partial charge on any atom is 0.258 e. The van der Waals surface area contributed by atoms with Crippen molar-refractivity contribution in [2.45, 2.75) is 19.4 Å². The predicted octanol–water partition coefficient (Wildman–Crippen LogP) is 1.43. The molecule has 0 aliphatic heterocycles. The van der Waals surface area contributed by atoms with E-state index in [0.29, 0.717) is 12.2 Å². The second-order valence-electron chi connectivity index (χ2n) is 4.03. The van der Waals surface area contributed by atoms with E-state index in [4.69, 9.17) is 9.84 Å². The largest absolute Gasteiger partial charge is 0.484 e. The van der Waals surface area contributed by atoms with Gasteiger partial charge in [0.05, 0.1) is 12.6 Å². The highest BCUT2D eigenvalue weighted by molar-refractivity contribution is 5.77. The number of rotatable bonds is 7. The van der Waals surface area contributed by atoms with Gasteiger partial charge in [-0.3, -0.25) is 4.79 Å². The third kappa shape index (κ3) is 4.59. The van der Waals surface area contributed by atoms with Gasteiger partial charge in [-0.15, -0.1) is 6.58 Å². The van der Waals surface area contributed by atoms with Crippen molar-refractivity contribution in [3.8, 4) is 5.75 Å². The molecule has 0 heterocycles. The Morgan fingerprint density at radius 1 is 1.56 bits per heavy atom. The topological polar surface area (TPSA) is 58.6 Å². The molecular formula is C14H19NO3. The van der Waals surface area contributed by atoms with Gasteiger partial charge in [-0.2, -0.15) is 0 Å². The van der Waals surface area contributed by atoms with E-state index in [1.54, 1.807) is 6.08 Å². The molecule has 0 bridgehead atoms. The summed E-state index contributed by atoms with van der Waals surface area (Å²) in [5, 5.41) is 11.7. The molecule has 1 aromatic rings. The molecule has 1 amide bonds. The van der Waals surface area contributed by atoms with Crippen molar-refractivity contribution in [3.63, 3.8) is 0 Å². The molecule has 1 atom stereocenters. The van der Waals surface area contributed by atoms with Crippen molar-refractivity contribution in [2.24, 2.45) is 0 Å². The molecule has 98 valence electrons. The van der Waals surface area contributed by atoms with Crippen LogP contribution in [-0.2, 0) is 4.79 Å². The van der Waals surface area contributed by atoms with Crippen molar-refractivity contribution >= 4 is 5.91 Å². The van der Waals surface area contributed by atoms with E-state index in [-0.39, 0.29) is 25.2 Å². The van der Waals surface area contributed by atoms with Gasteiger partial charge in [-0.25, -0.2) is 0 Å². The fourth-order valence-corrected chi connectivity index (χ4v) is 1.51. The summed E-state index contributed by atoms with van der Waals surface area (Å²) in [5.74, 6) is 0.441. The van der Waals surface area contributed by atoms with Crippen LogP contribution in [0, 0.1) is 6.92 Å². The SMILES string of the molecule is C=CCC(CO)NC(=O)COc1ccccc1C. The first-order chi connectivity index (χ1) is 8.67. The van der Waals surface area contributed by atoms with Crippen molar-refractivity contribution in [3.05, 3.63) is 42.5 Å². The molecule has 1 rings (SSSR count). The molecular weight excluding hydrogens is 230 g/mol. The van der Waals surface area contributed by atoms with Gasteiger partial charge in [0.2, 0.25) is 0 Å². The Kier molecular flexibility index (Phi) is 5.94. The lowest BCUT2D eigenvalue weighted by Gasteiger charge is -2.15. The van der Waals surface area contributed by atoms with Crippen LogP contribution >= 0.6 is 0 Å². The van der Waals surface area contributed by atoms with Gasteiger partial charge in [0.1, 0.15) is 5.75 Å². The van der Waals surface area contributed by atoms with Crippen LogP contribution in [0.2, 0.25) is 0 Å². The molecule has 0 fully saturated rings. The van der Waals surface area contributed by atoms with Crippen LogP contribution in [0.5, 0.6) is 5.75 Å². The Morgan fingerprint density at radius 3 is 2.89 bits per heavy atom. The first-order valence-corrected chi connectivity index (χ1v) is 5.87. The van der Waals surface area contributed by atoms with Crippen molar-refractivity contribution in [2.75, 3.05) is 13.2 Å². The molecule has 0 saturated carbocycles. The Balaban J connectivity index is 2.41. The van der Waals surface area contributed by atoms with Gasteiger partial charge in [-0.1, -0.05) is 24.3 Å². The molecule has 1 unspecified atom stereocenters. The maximum absolute atomic E-state index is 11.6. The number of para-hydroxylation sites is 1. The minimum Gasteiger partial charge on any atom is -0.484 e. The van der Waals surface area contributed by atoms with Crippen molar-refractivity contribution in [1.29, 1.82) is 0 Å². The molecule has 18 heavy (non-hydrogen) atoms. The summed E-state index contributed by atoms with van der Waals surface area (Å²) in [6.07, 6.45) is 2.19. The number of aliphatic hydroxyl groups is 1. The molecule has 0 saturated heterocycles. The third-order valence-corrected chi connectivity index (χ3v) is 2.49. The molecule has 4 nitrogen and oxygen atoms in total. The number of hydrogen-bond donors (Lipinski definition) is 2. The van der Waals surface area contributed by atoms with Crippen LogP contribution in [0.4, 0.5) is 0 Å². The van der Waals surface area contributed by atoms with Crippen LogP contribution in [0.25, 0.3) is 0 Å². The van der Waals surface area contributed by atoms with E-state index in [0.717, 1.165) is 5.56 Å². The Hall–Kier alpha value is -1.81. The molecule has 0 aliphatic rings. The van der Waals surface area contributed by atoms with E-state index in [1.165, 1.54) is 0 Å². The average Bonchev–Trinajstić information content (AvgIpc) is 2.37. The van der Waals surface area contributed by atoms with E-state index in [2.05, 4.69) is 11.9 Å². The summed E-state index contributed by atoms with van der Waals surface area (Å²) in [5.41, 5.74) is 0.982. The lowest BCUT2D eigenvalue weighted by molar-refractivity contribution is -0.124. The van der Waals surface area contributed by atoms with Gasteiger partial charge < -0.3 is 15.2 Å². The summed E-state index contributed by atoms with van der Waals surface area (Å²) in [4.78, 5) is 11.6. The van der Waals surface area contributed by atoms with Gasteiger partial charge in [0.15, 0.2) is 6.61 Å². The average molecular weight is 249 g/mol. The zero-order valence-electron chi connectivity index (χ0n) is 10.6. The Labute approximate surface area is 107 Å². The smallest absolute Gasteiger partial charge is 0.258 e. The van der Waals surface area contributed by atoms with Crippen molar-refractivity contribution < 1.29 is 14.6 Å². The number of carbonyl (C=O) groups excluding carboxylic acids is 1. The predicted molar refractivity (Wildman–Crippen MR) is 70.5 cm³/mol. The van der Waals surface area contributed by atoms with Gasteiger partial charge >= 0.3 is 0 Å². The molecule has 0 spiro atoms. The maximum atomic E-state index is 11.6. The molecule has 2 N–H and O–H groups in total. The fourth-order valence-electron chi connectivity index (χ4n) is 1.51. The monoisotopic (exact) mass is 249 g/mol. The summed E-state index contributed by atoms with van der Waals surface area (Å²) >= 11 is 0. The van der Waals surface area contributed by atoms with Crippen LogP contribution in [0.3, 0.4) is 0 Å². The Bertz CT molecular complexity index is 404. The molecule has 0 aromatic heterocycles. The van der Waals surface area contributed by atoms with Crippen LogP contribution in [-0.4, -0.2) is 30.3 Å². The number of aryl methyl sites for hydroxylation is 1. The number of hydrogen-bond acceptors (Lipinski definition) is 3. The molecule has 4 heteroatoms. The van der Waals surface area contributed by atoms with E-state index in [1.807, 2.05) is 31.2 Å². The second kappa shape index (κ2) is 7.50. The summed E-state index contributed by atoms with van der Waals surface area (Å²) in [7, 11) is 0. The quantitative estimate of drug-likeness (QED) is 0.719. The van der Waals surface area contributed by atoms with E-state index >= 15 is 0 Å². The number of benzene rings is 1. The fraction of sp³-hybridized carbons (Fsp3) is 0.357. The lowest BCUT2D eigenvalue weighted by Crippen LogP contribution is -2.39. The zero-order chi connectivity index (χ0) is 13.4. The minimum atomic E-state index is -0.296. The highest BCUT2D eigenvalue weighted by Gasteiger charge is 2.10. The molecule has 0 aliphatic carbocycles. The zero-order valence-corrected chi connectivity index (χ0v) is 10.6. The van der Waals surface area contributed by atoms with Crippen LogP contribution in [0.1, 0.15) is 12.0 Å². The summed E-state index contributed by atoms with van der Waals surface area (Å²) < 4.78 is 5.40. The van der Waals surface area contributed by atoms with E-state index in [9.17, 15) is 4.79 Å². The standard InChI is InChI=1S/C14H19NO3/c1-3-6-12(9-16)15-14(17)10-18-13-8-5-4-7-11(13)2/h3-5,7-8,12,16H,1,6,9-10H2,2H3,(H,15,17). The number of aliphatic hydroxyl groups excluding tert-OH is 1. The normalized spacial score (nSPS) is 11.7. The number of nitrogens with one attached hydrogen (secondary N) is 1. The van der Waals surface area contributed by atoms with Gasteiger partial charge in [0.25, 0.3) is 5.91 Å². The molecule has 1 aromatic carbocycles. The second-order valence-corrected chi connectivity index (χ2v) is 4.03. The number of ether oxygens (including phenoxy) is 1. The van der Waals surface area contributed by atoms with Gasteiger partial charge in [0, 0.05) is 0 Å². The van der Waals surface area contributed by atoms with Gasteiger partial charge in [-0.05, 0) is 25.0 Å². The molecule has 0 radical (unpaired) electrons. The lowest BCUT2D eigenvalue weighted by atomic mass is 10.2. The third-order valence-electron chi connectivity index (χ3n) is 2.49. The van der Waals surface area contributed by atoms with Crippen molar-refractivity contribution in [1.82, 2.24) is 5.32 Å². The van der Waals surface area contributed by atoms with Crippen LogP contribution < -0.4 is 10.1 Å². The number of carbonyl (C=O) groups is 1. The minimum absolute atomic E-state index is 0.0570. The van der Waals surface area contributed by atoms with E-state index < -0.39 is 0 Å². The number of amides is 1.